The first kappa shape index (κ1) is 14.6. The second-order valence-electron chi connectivity index (χ2n) is 4.61. The van der Waals surface area contributed by atoms with Crippen LogP contribution < -0.4 is 15.4 Å². The van der Waals surface area contributed by atoms with E-state index < -0.39 is 0 Å². The zero-order valence-corrected chi connectivity index (χ0v) is 12.1. The van der Waals surface area contributed by atoms with Gasteiger partial charge < -0.3 is 19.8 Å². The second kappa shape index (κ2) is 7.08. The molecule has 3 aromatic rings. The molecular weight excluding hydrogens is 296 g/mol. The first-order valence-electron chi connectivity index (χ1n) is 6.89. The van der Waals surface area contributed by atoms with E-state index in [1.807, 2.05) is 0 Å². The minimum absolute atomic E-state index is 0.317. The van der Waals surface area contributed by atoms with Crippen molar-refractivity contribution >= 4 is 11.7 Å². The molecule has 0 aliphatic heterocycles. The van der Waals surface area contributed by atoms with Gasteiger partial charge in [-0.1, -0.05) is 6.07 Å². The number of nitrogens with one attached hydrogen (secondary N) is 2. The molecule has 2 amide bonds. The van der Waals surface area contributed by atoms with Crippen molar-refractivity contribution in [3.05, 3.63) is 67.0 Å². The first-order valence-corrected chi connectivity index (χ1v) is 6.89. The maximum Gasteiger partial charge on any atom is 0.319 e. The third-order valence-corrected chi connectivity index (χ3v) is 2.89. The summed E-state index contributed by atoms with van der Waals surface area (Å²) < 4.78 is 10.5. The average Bonchev–Trinajstić information content (AvgIpc) is 3.08. The fraction of sp³-hybridized carbons (Fsp3) is 0.0625. The van der Waals surface area contributed by atoms with Crippen molar-refractivity contribution in [2.24, 2.45) is 0 Å². The van der Waals surface area contributed by atoms with Crippen LogP contribution in [0.2, 0.25) is 0 Å². The minimum Gasteiger partial charge on any atom is -0.472 e. The second-order valence-corrected chi connectivity index (χ2v) is 4.61. The van der Waals surface area contributed by atoms with Gasteiger partial charge in [0.2, 0.25) is 5.88 Å². The quantitative estimate of drug-likeness (QED) is 0.755. The Hall–Kier alpha value is -3.35. The van der Waals surface area contributed by atoms with Gasteiger partial charge in [-0.15, -0.1) is 0 Å². The highest BCUT2D eigenvalue weighted by Crippen LogP contribution is 2.21. The Morgan fingerprint density at radius 3 is 3.00 bits per heavy atom. The predicted octanol–water partition coefficient (Wildman–Crippen LogP) is 3.18. The summed E-state index contributed by atoms with van der Waals surface area (Å²) in [5, 5.41) is 5.46. The highest BCUT2D eigenvalue weighted by Gasteiger charge is 2.04. The molecule has 23 heavy (non-hydrogen) atoms. The Balaban J connectivity index is 1.57. The van der Waals surface area contributed by atoms with Crippen LogP contribution in [0.5, 0.6) is 11.6 Å². The van der Waals surface area contributed by atoms with E-state index >= 15 is 0 Å². The highest BCUT2D eigenvalue weighted by molar-refractivity contribution is 5.89. The van der Waals surface area contributed by atoms with E-state index in [-0.39, 0.29) is 6.03 Å². The number of anilines is 1. The van der Waals surface area contributed by atoms with E-state index in [1.165, 1.54) is 6.20 Å². The van der Waals surface area contributed by atoms with Crippen LogP contribution in [0.4, 0.5) is 10.5 Å². The van der Waals surface area contributed by atoms with E-state index in [4.69, 9.17) is 9.15 Å². The molecule has 2 heterocycles. The molecule has 2 N–H and O–H groups in total. The number of carbonyl (C=O) groups excluding carboxylic acids is 1. The van der Waals surface area contributed by atoms with E-state index in [2.05, 4.69) is 20.6 Å². The Labute approximate surface area is 132 Å². The standard InChI is InChI=1S/C16H14N4O3/c21-16(19-9-12-4-7-22-11-12)20-13-2-1-3-14(8-13)23-15-10-17-5-6-18-15/h1-8,10-11H,9H2,(H2,19,20,21). The molecule has 2 aromatic heterocycles. The molecule has 7 nitrogen and oxygen atoms in total. The molecule has 3 rings (SSSR count). The van der Waals surface area contributed by atoms with Crippen molar-refractivity contribution in [1.29, 1.82) is 0 Å². The third kappa shape index (κ3) is 4.31. The largest absolute Gasteiger partial charge is 0.472 e. The van der Waals surface area contributed by atoms with Gasteiger partial charge >= 0.3 is 6.03 Å². The van der Waals surface area contributed by atoms with Crippen LogP contribution in [-0.2, 0) is 6.54 Å². The molecule has 0 saturated carbocycles. The molecule has 1 aromatic carbocycles. The van der Waals surface area contributed by atoms with E-state index in [1.54, 1.807) is 55.3 Å². The van der Waals surface area contributed by atoms with Crippen molar-refractivity contribution < 1.29 is 13.9 Å². The third-order valence-electron chi connectivity index (χ3n) is 2.89. The molecular formula is C16H14N4O3. The van der Waals surface area contributed by atoms with Gasteiger partial charge in [0.15, 0.2) is 0 Å². The number of hydrogen-bond donors (Lipinski definition) is 2. The number of hydrogen-bond acceptors (Lipinski definition) is 5. The molecule has 0 aliphatic rings. The number of ether oxygens (including phenoxy) is 1. The molecule has 116 valence electrons. The zero-order chi connectivity index (χ0) is 15.9. The summed E-state index contributed by atoms with van der Waals surface area (Å²) >= 11 is 0. The summed E-state index contributed by atoms with van der Waals surface area (Å²) in [6, 6.07) is 8.48. The summed E-state index contributed by atoms with van der Waals surface area (Å²) in [4.78, 5) is 19.8. The number of nitrogens with zero attached hydrogens (tertiary/aromatic N) is 2. The van der Waals surface area contributed by atoms with Gasteiger partial charge in [0.1, 0.15) is 5.75 Å². The lowest BCUT2D eigenvalue weighted by Gasteiger charge is -2.09. The molecule has 0 unspecified atom stereocenters. The minimum atomic E-state index is -0.317. The SMILES string of the molecule is O=C(NCc1ccoc1)Nc1cccc(Oc2cnccn2)c1. The molecule has 0 saturated heterocycles. The Morgan fingerprint density at radius 2 is 2.22 bits per heavy atom. The van der Waals surface area contributed by atoms with Crippen LogP contribution in [-0.4, -0.2) is 16.0 Å². The number of aromatic nitrogens is 2. The number of rotatable bonds is 5. The van der Waals surface area contributed by atoms with Crippen molar-refractivity contribution in [3.8, 4) is 11.6 Å². The number of benzene rings is 1. The Morgan fingerprint density at radius 1 is 1.26 bits per heavy atom. The molecule has 0 radical (unpaired) electrons. The van der Waals surface area contributed by atoms with E-state index in [0.29, 0.717) is 23.9 Å². The lowest BCUT2D eigenvalue weighted by Crippen LogP contribution is -2.27. The average molecular weight is 310 g/mol. The Bertz CT molecular complexity index is 760. The van der Waals surface area contributed by atoms with Gasteiger partial charge in [0.25, 0.3) is 0 Å². The predicted molar refractivity (Wildman–Crippen MR) is 83.1 cm³/mol. The molecule has 0 bridgehead atoms. The molecule has 0 aliphatic carbocycles. The van der Waals surface area contributed by atoms with Gasteiger partial charge in [-0.2, -0.15) is 0 Å². The summed E-state index contributed by atoms with van der Waals surface area (Å²) in [6.07, 6.45) is 7.76. The van der Waals surface area contributed by atoms with Crippen LogP contribution in [0.1, 0.15) is 5.56 Å². The molecule has 7 heteroatoms. The normalized spacial score (nSPS) is 10.1. The lowest BCUT2D eigenvalue weighted by molar-refractivity contribution is 0.251. The highest BCUT2D eigenvalue weighted by atomic mass is 16.5. The smallest absolute Gasteiger partial charge is 0.319 e. The summed E-state index contributed by atoms with van der Waals surface area (Å²) in [7, 11) is 0. The van der Waals surface area contributed by atoms with Gasteiger partial charge in [0, 0.05) is 36.3 Å². The van der Waals surface area contributed by atoms with Crippen LogP contribution in [0.15, 0.2) is 65.9 Å². The van der Waals surface area contributed by atoms with Crippen LogP contribution in [0.25, 0.3) is 0 Å². The number of amides is 2. The van der Waals surface area contributed by atoms with Gasteiger partial charge in [0.05, 0.1) is 18.7 Å². The van der Waals surface area contributed by atoms with Gasteiger partial charge in [-0.3, -0.25) is 4.98 Å². The van der Waals surface area contributed by atoms with Crippen molar-refractivity contribution in [2.75, 3.05) is 5.32 Å². The van der Waals surface area contributed by atoms with E-state index in [0.717, 1.165) is 5.56 Å². The fourth-order valence-corrected chi connectivity index (χ4v) is 1.85. The molecule has 0 spiro atoms. The monoisotopic (exact) mass is 310 g/mol. The van der Waals surface area contributed by atoms with Crippen molar-refractivity contribution in [1.82, 2.24) is 15.3 Å². The zero-order valence-electron chi connectivity index (χ0n) is 12.1. The van der Waals surface area contributed by atoms with Crippen LogP contribution >= 0.6 is 0 Å². The van der Waals surface area contributed by atoms with Crippen LogP contribution in [0, 0.1) is 0 Å². The molecule has 0 fully saturated rings. The van der Waals surface area contributed by atoms with Crippen molar-refractivity contribution in [3.63, 3.8) is 0 Å². The summed E-state index contributed by atoms with van der Waals surface area (Å²) in [5.41, 5.74) is 1.50. The molecule has 0 atom stereocenters. The maximum atomic E-state index is 11.9. The number of carbonyl (C=O) groups is 1. The van der Waals surface area contributed by atoms with Gasteiger partial charge in [-0.05, 0) is 18.2 Å². The van der Waals surface area contributed by atoms with E-state index in [9.17, 15) is 4.79 Å². The maximum absolute atomic E-state index is 11.9. The lowest BCUT2D eigenvalue weighted by atomic mass is 10.3. The van der Waals surface area contributed by atoms with Crippen molar-refractivity contribution in [2.45, 2.75) is 6.54 Å². The van der Waals surface area contributed by atoms with Gasteiger partial charge in [-0.25, -0.2) is 9.78 Å². The number of furan rings is 1. The first-order chi connectivity index (χ1) is 11.3. The number of urea groups is 1. The van der Waals surface area contributed by atoms with Crippen LogP contribution in [0.3, 0.4) is 0 Å². The summed E-state index contributed by atoms with van der Waals surface area (Å²) in [5.74, 6) is 0.937. The Kier molecular flexibility index (Phi) is 4.49. The fourth-order valence-electron chi connectivity index (χ4n) is 1.85. The topological polar surface area (TPSA) is 89.3 Å². The summed E-state index contributed by atoms with van der Waals surface area (Å²) in [6.45, 7) is 0.387.